The Morgan fingerprint density at radius 1 is 1.27 bits per heavy atom. The van der Waals surface area contributed by atoms with E-state index in [-0.39, 0.29) is 0 Å². The van der Waals surface area contributed by atoms with Crippen molar-refractivity contribution in [3.05, 3.63) is 33.8 Å². The third-order valence-electron chi connectivity index (χ3n) is 2.40. The normalized spacial score (nSPS) is 21.6. The van der Waals surface area contributed by atoms with E-state index >= 15 is 0 Å². The van der Waals surface area contributed by atoms with Crippen molar-refractivity contribution < 1.29 is 4.74 Å². The Kier molecular flexibility index (Phi) is 3.87. The Morgan fingerprint density at radius 2 is 2.00 bits per heavy atom. The lowest BCUT2D eigenvalue weighted by Crippen LogP contribution is -2.42. The van der Waals surface area contributed by atoms with Gasteiger partial charge in [-0.15, -0.1) is 0 Å². The van der Waals surface area contributed by atoms with Gasteiger partial charge in [-0.2, -0.15) is 0 Å². The number of hydrogen-bond acceptors (Lipinski definition) is 2. The highest BCUT2D eigenvalue weighted by molar-refractivity contribution is 6.34. The van der Waals surface area contributed by atoms with E-state index in [1.54, 1.807) is 6.07 Å². The molecule has 1 aromatic carbocycles. The SMILES string of the molecule is Clc1cc(Cl)cc(CC2COCCN2)c1. The number of ether oxygens (including phenoxy) is 1. The Labute approximate surface area is 99.5 Å². The average molecular weight is 246 g/mol. The number of halogens is 2. The molecule has 0 saturated carbocycles. The van der Waals surface area contributed by atoms with Crippen LogP contribution in [0, 0.1) is 0 Å². The molecule has 1 aliphatic heterocycles. The molecule has 0 spiro atoms. The zero-order chi connectivity index (χ0) is 10.7. The van der Waals surface area contributed by atoms with Crippen LogP contribution in [0.5, 0.6) is 0 Å². The summed E-state index contributed by atoms with van der Waals surface area (Å²) < 4.78 is 5.39. The molecule has 1 unspecified atom stereocenters. The summed E-state index contributed by atoms with van der Waals surface area (Å²) in [5.41, 5.74) is 1.15. The number of rotatable bonds is 2. The Morgan fingerprint density at radius 3 is 2.60 bits per heavy atom. The minimum Gasteiger partial charge on any atom is -0.379 e. The molecule has 2 rings (SSSR count). The van der Waals surface area contributed by atoms with E-state index in [9.17, 15) is 0 Å². The fraction of sp³-hybridized carbons (Fsp3) is 0.455. The molecule has 1 heterocycles. The third-order valence-corrected chi connectivity index (χ3v) is 2.84. The highest BCUT2D eigenvalue weighted by Crippen LogP contribution is 2.20. The van der Waals surface area contributed by atoms with Gasteiger partial charge in [-0.25, -0.2) is 0 Å². The van der Waals surface area contributed by atoms with Crippen LogP contribution in [-0.2, 0) is 11.2 Å². The predicted octanol–water partition coefficient (Wildman–Crippen LogP) is 2.52. The van der Waals surface area contributed by atoms with Gasteiger partial charge in [0.25, 0.3) is 0 Å². The molecule has 1 aromatic rings. The third kappa shape index (κ3) is 3.35. The summed E-state index contributed by atoms with van der Waals surface area (Å²) in [6, 6.07) is 6.01. The summed E-state index contributed by atoms with van der Waals surface area (Å²) in [5, 5.41) is 4.77. The van der Waals surface area contributed by atoms with Crippen molar-refractivity contribution in [2.45, 2.75) is 12.5 Å². The number of hydrogen-bond donors (Lipinski definition) is 1. The first-order chi connectivity index (χ1) is 7.24. The van der Waals surface area contributed by atoms with Crippen LogP contribution in [-0.4, -0.2) is 25.8 Å². The molecule has 1 saturated heterocycles. The van der Waals surface area contributed by atoms with Crippen LogP contribution in [0.25, 0.3) is 0 Å². The van der Waals surface area contributed by atoms with Crippen LogP contribution < -0.4 is 5.32 Å². The van der Waals surface area contributed by atoms with Crippen LogP contribution in [0.3, 0.4) is 0 Å². The molecule has 0 radical (unpaired) electrons. The first kappa shape index (κ1) is 11.2. The lowest BCUT2D eigenvalue weighted by Gasteiger charge is -2.23. The lowest BCUT2D eigenvalue weighted by atomic mass is 10.1. The second-order valence-corrected chi connectivity index (χ2v) is 4.58. The van der Waals surface area contributed by atoms with Crippen molar-refractivity contribution in [2.75, 3.05) is 19.8 Å². The molecule has 2 nitrogen and oxygen atoms in total. The molecule has 4 heteroatoms. The summed E-state index contributed by atoms with van der Waals surface area (Å²) in [5.74, 6) is 0. The first-order valence-corrected chi connectivity index (χ1v) is 5.76. The molecule has 82 valence electrons. The van der Waals surface area contributed by atoms with Crippen LogP contribution in [0.15, 0.2) is 18.2 Å². The smallest absolute Gasteiger partial charge is 0.0623 e. The van der Waals surface area contributed by atoms with Crippen molar-refractivity contribution in [1.82, 2.24) is 5.32 Å². The quantitative estimate of drug-likeness (QED) is 0.865. The molecule has 0 bridgehead atoms. The maximum absolute atomic E-state index is 5.93. The zero-order valence-electron chi connectivity index (χ0n) is 8.30. The van der Waals surface area contributed by atoms with Gasteiger partial charge in [-0.05, 0) is 30.2 Å². The molecular weight excluding hydrogens is 233 g/mol. The summed E-state index contributed by atoms with van der Waals surface area (Å²) in [4.78, 5) is 0. The van der Waals surface area contributed by atoms with E-state index in [0.717, 1.165) is 31.7 Å². The van der Waals surface area contributed by atoms with Gasteiger partial charge in [0.2, 0.25) is 0 Å². The topological polar surface area (TPSA) is 21.3 Å². The molecule has 0 aliphatic carbocycles. The molecule has 1 N–H and O–H groups in total. The standard InChI is InChI=1S/C11H13Cl2NO/c12-9-3-8(4-10(13)6-9)5-11-7-15-2-1-14-11/h3-4,6,11,14H,1-2,5,7H2. The van der Waals surface area contributed by atoms with Gasteiger partial charge in [0, 0.05) is 22.6 Å². The fourth-order valence-corrected chi connectivity index (χ4v) is 2.34. The van der Waals surface area contributed by atoms with Crippen LogP contribution >= 0.6 is 23.2 Å². The minimum atomic E-state index is 0.369. The van der Waals surface area contributed by atoms with Crippen molar-refractivity contribution in [2.24, 2.45) is 0 Å². The largest absolute Gasteiger partial charge is 0.379 e. The van der Waals surface area contributed by atoms with E-state index in [2.05, 4.69) is 5.32 Å². The van der Waals surface area contributed by atoms with E-state index in [0.29, 0.717) is 16.1 Å². The Balaban J connectivity index is 2.02. The van der Waals surface area contributed by atoms with Gasteiger partial charge in [-0.3, -0.25) is 0 Å². The maximum Gasteiger partial charge on any atom is 0.0623 e. The lowest BCUT2D eigenvalue weighted by molar-refractivity contribution is 0.0770. The number of benzene rings is 1. The van der Waals surface area contributed by atoms with Crippen LogP contribution in [0.1, 0.15) is 5.56 Å². The molecule has 0 aromatic heterocycles. The minimum absolute atomic E-state index is 0.369. The molecular formula is C11H13Cl2NO. The van der Waals surface area contributed by atoms with E-state index < -0.39 is 0 Å². The zero-order valence-corrected chi connectivity index (χ0v) is 9.81. The van der Waals surface area contributed by atoms with E-state index in [1.807, 2.05) is 12.1 Å². The Bertz CT molecular complexity index is 317. The van der Waals surface area contributed by atoms with Gasteiger partial charge in [0.05, 0.1) is 13.2 Å². The fourth-order valence-electron chi connectivity index (χ4n) is 1.76. The van der Waals surface area contributed by atoms with E-state index in [1.165, 1.54) is 0 Å². The number of nitrogens with one attached hydrogen (secondary N) is 1. The van der Waals surface area contributed by atoms with Gasteiger partial charge < -0.3 is 10.1 Å². The summed E-state index contributed by atoms with van der Waals surface area (Å²) in [6.07, 6.45) is 0.903. The summed E-state index contributed by atoms with van der Waals surface area (Å²) >= 11 is 11.9. The predicted molar refractivity (Wildman–Crippen MR) is 62.8 cm³/mol. The van der Waals surface area contributed by atoms with Crippen molar-refractivity contribution in [3.63, 3.8) is 0 Å². The first-order valence-electron chi connectivity index (χ1n) is 5.00. The molecule has 1 fully saturated rings. The van der Waals surface area contributed by atoms with Gasteiger partial charge in [0.1, 0.15) is 0 Å². The van der Waals surface area contributed by atoms with Crippen molar-refractivity contribution >= 4 is 23.2 Å². The van der Waals surface area contributed by atoms with Gasteiger partial charge in [-0.1, -0.05) is 23.2 Å². The monoisotopic (exact) mass is 245 g/mol. The Hall–Kier alpha value is -0.280. The van der Waals surface area contributed by atoms with Gasteiger partial charge in [0.15, 0.2) is 0 Å². The molecule has 1 atom stereocenters. The van der Waals surface area contributed by atoms with E-state index in [4.69, 9.17) is 27.9 Å². The van der Waals surface area contributed by atoms with Crippen LogP contribution in [0.4, 0.5) is 0 Å². The molecule has 0 amide bonds. The number of morpholine rings is 1. The average Bonchev–Trinajstić information content (AvgIpc) is 2.17. The maximum atomic E-state index is 5.93. The van der Waals surface area contributed by atoms with Crippen molar-refractivity contribution in [3.8, 4) is 0 Å². The summed E-state index contributed by atoms with van der Waals surface area (Å²) in [6.45, 7) is 2.47. The van der Waals surface area contributed by atoms with Crippen LogP contribution in [0.2, 0.25) is 10.0 Å². The highest BCUT2D eigenvalue weighted by Gasteiger charge is 2.13. The molecule has 15 heavy (non-hydrogen) atoms. The second kappa shape index (κ2) is 5.17. The second-order valence-electron chi connectivity index (χ2n) is 3.71. The molecule has 1 aliphatic rings. The van der Waals surface area contributed by atoms with Crippen molar-refractivity contribution in [1.29, 1.82) is 0 Å². The summed E-state index contributed by atoms with van der Waals surface area (Å²) in [7, 11) is 0. The highest BCUT2D eigenvalue weighted by atomic mass is 35.5. The van der Waals surface area contributed by atoms with Gasteiger partial charge >= 0.3 is 0 Å².